The van der Waals surface area contributed by atoms with Crippen LogP contribution in [0, 0.1) is 0 Å². The summed E-state index contributed by atoms with van der Waals surface area (Å²) in [5, 5.41) is 0. The average molecular weight is 508 g/mol. The predicted molar refractivity (Wildman–Crippen MR) is 131 cm³/mol. The van der Waals surface area contributed by atoms with Gasteiger partial charge in [0.05, 0.1) is 19.1 Å². The maximum Gasteiger partial charge on any atom is 0.434 e. The summed E-state index contributed by atoms with van der Waals surface area (Å²) < 4.78 is 45.9. The highest BCUT2D eigenvalue weighted by atomic mass is 19.4. The minimum atomic E-state index is -4.51. The van der Waals surface area contributed by atoms with E-state index in [1.165, 1.54) is 11.6 Å². The molecule has 37 heavy (non-hydrogen) atoms. The fraction of sp³-hybridized carbons (Fsp3) is 0.259. The van der Waals surface area contributed by atoms with Crippen LogP contribution in [-0.4, -0.2) is 32.5 Å². The van der Waals surface area contributed by atoms with Crippen LogP contribution >= 0.6 is 0 Å². The molecule has 1 aliphatic rings. The number of alkyl halides is 3. The number of halogens is 3. The van der Waals surface area contributed by atoms with Crippen molar-refractivity contribution in [2.45, 2.75) is 32.2 Å². The molecular formula is C27H24F3N5O2. The number of ether oxygens (including phenoxy) is 1. The normalized spacial score (nSPS) is 14.2. The maximum atomic E-state index is 13.0. The molecule has 2 aromatic carbocycles. The first-order valence-corrected chi connectivity index (χ1v) is 11.6. The monoisotopic (exact) mass is 507 g/mol. The van der Waals surface area contributed by atoms with Crippen LogP contribution in [0.25, 0.3) is 22.8 Å². The Bertz CT molecular complexity index is 1460. The minimum absolute atomic E-state index is 0.0945. The Morgan fingerprint density at radius 2 is 1.81 bits per heavy atom. The molecule has 4 aromatic rings. The summed E-state index contributed by atoms with van der Waals surface area (Å²) in [4.78, 5) is 27.5. The van der Waals surface area contributed by atoms with Crippen molar-refractivity contribution >= 4 is 11.7 Å². The molecule has 0 spiro atoms. The second kappa shape index (κ2) is 9.44. The summed E-state index contributed by atoms with van der Waals surface area (Å²) >= 11 is 0. The number of rotatable bonds is 6. The van der Waals surface area contributed by atoms with Gasteiger partial charge in [-0.2, -0.15) is 13.2 Å². The van der Waals surface area contributed by atoms with Crippen molar-refractivity contribution in [1.29, 1.82) is 0 Å². The van der Waals surface area contributed by atoms with Crippen molar-refractivity contribution in [1.82, 2.24) is 19.5 Å². The average Bonchev–Trinajstić information content (AvgIpc) is 3.43. The smallest absolute Gasteiger partial charge is 0.377 e. The molecule has 0 saturated heterocycles. The van der Waals surface area contributed by atoms with E-state index in [0.717, 1.165) is 28.5 Å². The first kappa shape index (κ1) is 24.6. The molecule has 0 N–H and O–H groups in total. The highest BCUT2D eigenvalue weighted by Crippen LogP contribution is 2.34. The topological polar surface area (TPSA) is 73.1 Å². The van der Waals surface area contributed by atoms with E-state index in [1.807, 2.05) is 31.2 Å². The fourth-order valence-corrected chi connectivity index (χ4v) is 4.42. The molecule has 1 amide bonds. The lowest BCUT2D eigenvalue weighted by Crippen LogP contribution is -2.26. The lowest BCUT2D eigenvalue weighted by Gasteiger charge is -2.18. The summed E-state index contributed by atoms with van der Waals surface area (Å²) in [7, 11) is 3.16. The van der Waals surface area contributed by atoms with E-state index in [1.54, 1.807) is 42.5 Å². The van der Waals surface area contributed by atoms with Crippen molar-refractivity contribution in [3.8, 4) is 22.8 Å². The molecule has 2 aromatic heterocycles. The van der Waals surface area contributed by atoms with Crippen molar-refractivity contribution in [3.05, 3.63) is 83.3 Å². The number of hydrogen-bond donors (Lipinski definition) is 0. The number of hydrogen-bond acceptors (Lipinski definition) is 5. The third kappa shape index (κ3) is 4.72. The van der Waals surface area contributed by atoms with Gasteiger partial charge in [-0.05, 0) is 18.1 Å². The number of nitrogens with zero attached hydrogens (tertiary/aromatic N) is 5. The molecule has 1 atom stereocenters. The van der Waals surface area contributed by atoms with E-state index in [4.69, 9.17) is 9.72 Å². The van der Waals surface area contributed by atoms with Crippen molar-refractivity contribution < 1.29 is 22.7 Å². The van der Waals surface area contributed by atoms with E-state index in [2.05, 4.69) is 9.97 Å². The first-order chi connectivity index (χ1) is 17.7. The summed E-state index contributed by atoms with van der Waals surface area (Å²) in [5.74, 6) is 1.17. The number of carbonyl (C=O) groups is 1. The van der Waals surface area contributed by atoms with Crippen molar-refractivity contribution in [2.75, 3.05) is 12.0 Å². The SMILES string of the molecule is CO[C@@H](C)c1ccccc1-c1ncc2c(n1)N(Cc1ccc(-c3nc(C(F)(F)F)cn3C)cc1)C(=O)C2. The Hall–Kier alpha value is -4.05. The van der Waals surface area contributed by atoms with Crippen LogP contribution in [0.15, 0.2) is 60.9 Å². The van der Waals surface area contributed by atoms with E-state index in [9.17, 15) is 18.0 Å². The van der Waals surface area contributed by atoms with Crippen LogP contribution in [0.2, 0.25) is 0 Å². The molecule has 3 heterocycles. The number of fused-ring (bicyclic) bond motifs is 1. The Balaban J connectivity index is 1.42. The lowest BCUT2D eigenvalue weighted by molar-refractivity contribution is -0.140. The zero-order chi connectivity index (χ0) is 26.3. The van der Waals surface area contributed by atoms with Gasteiger partial charge < -0.3 is 9.30 Å². The van der Waals surface area contributed by atoms with Gasteiger partial charge in [0.15, 0.2) is 11.5 Å². The van der Waals surface area contributed by atoms with Crippen LogP contribution in [0.4, 0.5) is 19.0 Å². The van der Waals surface area contributed by atoms with Gasteiger partial charge in [0, 0.05) is 43.2 Å². The number of amides is 1. The van der Waals surface area contributed by atoms with Crippen LogP contribution in [0.3, 0.4) is 0 Å². The van der Waals surface area contributed by atoms with Crippen LogP contribution < -0.4 is 4.90 Å². The third-order valence-corrected chi connectivity index (χ3v) is 6.45. The van der Waals surface area contributed by atoms with E-state index < -0.39 is 11.9 Å². The summed E-state index contributed by atoms with van der Waals surface area (Å²) in [5.41, 5.74) is 2.93. The number of imidazole rings is 1. The van der Waals surface area contributed by atoms with Gasteiger partial charge in [-0.3, -0.25) is 9.69 Å². The molecule has 5 rings (SSSR count). The number of benzene rings is 2. The van der Waals surface area contributed by atoms with Gasteiger partial charge in [0.1, 0.15) is 11.6 Å². The highest BCUT2D eigenvalue weighted by Gasteiger charge is 2.34. The molecular weight excluding hydrogens is 483 g/mol. The number of carbonyl (C=O) groups excluding carboxylic acids is 1. The predicted octanol–water partition coefficient (Wildman–Crippen LogP) is 5.36. The minimum Gasteiger partial charge on any atom is -0.377 e. The Kier molecular flexibility index (Phi) is 6.28. The van der Waals surface area contributed by atoms with Crippen molar-refractivity contribution in [2.24, 2.45) is 7.05 Å². The summed E-state index contributed by atoms with van der Waals surface area (Å²) in [6.07, 6.45) is -1.81. The quantitative estimate of drug-likeness (QED) is 0.351. The largest absolute Gasteiger partial charge is 0.434 e. The molecule has 0 radical (unpaired) electrons. The number of anilines is 1. The van der Waals surface area contributed by atoms with Crippen LogP contribution in [0.1, 0.15) is 35.4 Å². The van der Waals surface area contributed by atoms with Gasteiger partial charge >= 0.3 is 6.18 Å². The molecule has 1 aliphatic heterocycles. The van der Waals surface area contributed by atoms with E-state index in [0.29, 0.717) is 17.2 Å². The van der Waals surface area contributed by atoms with Gasteiger partial charge in [-0.1, -0.05) is 48.5 Å². The standard InChI is InChI=1S/C27H24F3N5O2/c1-16(37-3)20-6-4-5-7-21(20)24-31-13-19-12-23(36)35(26(19)33-24)14-17-8-10-18(11-9-17)25-32-22(15-34(25)2)27(28,29)30/h4-11,13,15-16H,12,14H2,1-3H3/t16-/m0/s1. The Labute approximate surface area is 211 Å². The van der Waals surface area contributed by atoms with Crippen LogP contribution in [0.5, 0.6) is 0 Å². The van der Waals surface area contributed by atoms with Crippen molar-refractivity contribution in [3.63, 3.8) is 0 Å². The first-order valence-electron chi connectivity index (χ1n) is 11.6. The second-order valence-electron chi connectivity index (χ2n) is 8.92. The molecule has 7 nitrogen and oxygen atoms in total. The summed E-state index contributed by atoms with van der Waals surface area (Å²) in [6, 6.07) is 14.7. The Morgan fingerprint density at radius 1 is 1.08 bits per heavy atom. The molecule has 190 valence electrons. The molecule has 0 aliphatic carbocycles. The highest BCUT2D eigenvalue weighted by molar-refractivity contribution is 6.00. The zero-order valence-corrected chi connectivity index (χ0v) is 20.5. The Morgan fingerprint density at radius 3 is 2.49 bits per heavy atom. The zero-order valence-electron chi connectivity index (χ0n) is 20.5. The molecule has 0 unspecified atom stereocenters. The lowest BCUT2D eigenvalue weighted by atomic mass is 10.0. The molecule has 0 bridgehead atoms. The van der Waals surface area contributed by atoms with Gasteiger partial charge in [-0.25, -0.2) is 15.0 Å². The number of aromatic nitrogens is 4. The molecule has 0 fully saturated rings. The van der Waals surface area contributed by atoms with Gasteiger partial charge in [-0.15, -0.1) is 0 Å². The van der Waals surface area contributed by atoms with E-state index in [-0.39, 0.29) is 30.8 Å². The molecule has 0 saturated carbocycles. The molecule has 10 heteroatoms. The van der Waals surface area contributed by atoms with Gasteiger partial charge in [0.25, 0.3) is 0 Å². The van der Waals surface area contributed by atoms with E-state index >= 15 is 0 Å². The number of aryl methyl sites for hydroxylation is 1. The van der Waals surface area contributed by atoms with Gasteiger partial charge in [0.2, 0.25) is 5.91 Å². The third-order valence-electron chi connectivity index (χ3n) is 6.45. The maximum absolute atomic E-state index is 13.0. The summed E-state index contributed by atoms with van der Waals surface area (Å²) in [6.45, 7) is 2.22. The number of methoxy groups -OCH3 is 1. The second-order valence-corrected chi connectivity index (χ2v) is 8.92. The van der Waals surface area contributed by atoms with Crippen LogP contribution in [-0.2, 0) is 35.7 Å². The fourth-order valence-electron chi connectivity index (χ4n) is 4.42.